The van der Waals surface area contributed by atoms with E-state index in [4.69, 9.17) is 9.73 Å². The van der Waals surface area contributed by atoms with Crippen molar-refractivity contribution in [2.75, 3.05) is 13.2 Å². The smallest absolute Gasteiger partial charge is 0.135 e. The normalized spacial score (nSPS) is 15.8. The Morgan fingerprint density at radius 1 is 1.18 bits per heavy atom. The Morgan fingerprint density at radius 3 is 2.54 bits per heavy atom. The summed E-state index contributed by atoms with van der Waals surface area (Å²) in [5.41, 5.74) is 9.29. The molecule has 0 aromatic heterocycles. The highest BCUT2D eigenvalue weighted by Crippen LogP contribution is 2.56. The van der Waals surface area contributed by atoms with Crippen molar-refractivity contribution in [3.05, 3.63) is 77.7 Å². The highest BCUT2D eigenvalue weighted by atomic mass is 16.5. The molecule has 1 aliphatic carbocycles. The van der Waals surface area contributed by atoms with Crippen LogP contribution in [0.15, 0.2) is 71.5 Å². The van der Waals surface area contributed by atoms with Gasteiger partial charge in [-0.25, -0.2) is 0 Å². The van der Waals surface area contributed by atoms with Crippen molar-refractivity contribution in [2.45, 2.75) is 45.1 Å². The van der Waals surface area contributed by atoms with Crippen molar-refractivity contribution in [3.63, 3.8) is 0 Å². The fraction of sp³-hybridized carbons (Fsp3) is 0.360. The van der Waals surface area contributed by atoms with Gasteiger partial charge in [-0.1, -0.05) is 42.5 Å². The van der Waals surface area contributed by atoms with Crippen molar-refractivity contribution in [3.8, 4) is 5.75 Å². The molecular weight excluding hydrogens is 344 g/mol. The maximum Gasteiger partial charge on any atom is 0.135 e. The minimum atomic E-state index is 0.161. The maximum atomic E-state index is 6.02. The molecule has 0 radical (unpaired) electrons. The van der Waals surface area contributed by atoms with Gasteiger partial charge in [-0.2, -0.15) is 0 Å². The largest absolute Gasteiger partial charge is 0.487 e. The summed E-state index contributed by atoms with van der Waals surface area (Å²) in [5.74, 6) is 0.867. The number of hydrogen-bond donors (Lipinski definition) is 0. The van der Waals surface area contributed by atoms with Gasteiger partial charge in [0.25, 0.3) is 0 Å². The van der Waals surface area contributed by atoms with Crippen LogP contribution in [0.2, 0.25) is 0 Å². The van der Waals surface area contributed by atoms with Crippen LogP contribution in [0.3, 0.4) is 0 Å². The van der Waals surface area contributed by atoms with Crippen molar-refractivity contribution < 1.29 is 4.74 Å². The zero-order valence-electron chi connectivity index (χ0n) is 17.0. The molecule has 3 heteroatoms. The molecule has 3 nitrogen and oxygen atoms in total. The molecule has 2 aromatic carbocycles. The Kier molecular flexibility index (Phi) is 4.87. The lowest BCUT2D eigenvalue weighted by atomic mass is 9.92. The molecule has 1 saturated carbocycles. The van der Waals surface area contributed by atoms with E-state index in [0.29, 0.717) is 12.6 Å². The van der Waals surface area contributed by atoms with E-state index in [1.807, 2.05) is 12.1 Å². The van der Waals surface area contributed by atoms with Gasteiger partial charge in [0, 0.05) is 17.2 Å². The van der Waals surface area contributed by atoms with E-state index in [1.54, 1.807) is 0 Å². The fourth-order valence-electron chi connectivity index (χ4n) is 4.03. The molecule has 1 spiro atoms. The summed E-state index contributed by atoms with van der Waals surface area (Å²) in [4.78, 5) is 7.33. The molecule has 0 bridgehead atoms. The molecule has 0 N–H and O–H groups in total. The predicted octanol–water partition coefficient (Wildman–Crippen LogP) is 5.57. The number of nitrogens with zero attached hydrogens (tertiary/aromatic N) is 2. The van der Waals surface area contributed by atoms with Crippen LogP contribution in [0.25, 0.3) is 0 Å². The van der Waals surface area contributed by atoms with Crippen molar-refractivity contribution in [2.24, 2.45) is 4.99 Å². The van der Waals surface area contributed by atoms with E-state index >= 15 is 0 Å². The Balaban J connectivity index is 1.51. The SMILES string of the molecule is C=C=C(COc1ccc(C)cc1)N(CC1=Nc2ccccc2C12CC2)C(C)C. The number of para-hydroxylation sites is 1. The summed E-state index contributed by atoms with van der Waals surface area (Å²) < 4.78 is 6.02. The first-order valence-corrected chi connectivity index (χ1v) is 10.1. The topological polar surface area (TPSA) is 24.8 Å². The van der Waals surface area contributed by atoms with Gasteiger partial charge in [-0.05, 0) is 57.4 Å². The van der Waals surface area contributed by atoms with E-state index in [9.17, 15) is 0 Å². The standard InChI is InChI=1S/C25H28N2O/c1-5-20(17-28-21-12-10-19(4)11-13-21)27(18(2)3)16-24-25(14-15-25)22-8-6-7-9-23(22)26-24/h6-13,18H,1,14-17H2,2-4H3. The third kappa shape index (κ3) is 3.39. The van der Waals surface area contributed by atoms with Crippen LogP contribution in [0.1, 0.15) is 37.8 Å². The van der Waals surface area contributed by atoms with Gasteiger partial charge in [0.15, 0.2) is 0 Å². The second-order valence-electron chi connectivity index (χ2n) is 8.10. The van der Waals surface area contributed by atoms with Crippen LogP contribution in [-0.2, 0) is 5.41 Å². The number of aryl methyl sites for hydroxylation is 1. The molecule has 0 amide bonds. The first-order chi connectivity index (χ1) is 13.5. The van der Waals surface area contributed by atoms with Gasteiger partial charge in [0.2, 0.25) is 0 Å². The van der Waals surface area contributed by atoms with E-state index in [0.717, 1.165) is 23.7 Å². The summed E-state index contributed by atoms with van der Waals surface area (Å²) >= 11 is 0. The molecule has 0 saturated heterocycles. The van der Waals surface area contributed by atoms with Crippen LogP contribution in [0.4, 0.5) is 5.69 Å². The van der Waals surface area contributed by atoms with Crippen molar-refractivity contribution in [1.82, 2.24) is 4.90 Å². The van der Waals surface area contributed by atoms with Crippen LogP contribution < -0.4 is 4.74 Å². The van der Waals surface area contributed by atoms with E-state index < -0.39 is 0 Å². The maximum absolute atomic E-state index is 6.02. The van der Waals surface area contributed by atoms with Crippen LogP contribution >= 0.6 is 0 Å². The van der Waals surface area contributed by atoms with Crippen LogP contribution in [0.5, 0.6) is 5.75 Å². The highest BCUT2D eigenvalue weighted by molar-refractivity contribution is 6.05. The molecule has 144 valence electrons. The summed E-state index contributed by atoms with van der Waals surface area (Å²) in [5, 5.41) is 0. The Labute approximate surface area is 168 Å². The number of rotatable bonds is 7. The van der Waals surface area contributed by atoms with Gasteiger partial charge in [-0.3, -0.25) is 4.99 Å². The van der Waals surface area contributed by atoms with Gasteiger partial charge in [0.1, 0.15) is 12.4 Å². The zero-order valence-corrected chi connectivity index (χ0v) is 17.0. The lowest BCUT2D eigenvalue weighted by Crippen LogP contribution is -2.39. The monoisotopic (exact) mass is 372 g/mol. The number of aliphatic imine (C=N–C) groups is 1. The molecule has 4 rings (SSSR count). The molecule has 28 heavy (non-hydrogen) atoms. The number of hydrogen-bond acceptors (Lipinski definition) is 3. The van der Waals surface area contributed by atoms with E-state index in [-0.39, 0.29) is 5.41 Å². The number of ether oxygens (including phenoxy) is 1. The number of fused-ring (bicyclic) bond motifs is 2. The van der Waals surface area contributed by atoms with Gasteiger partial charge in [0.05, 0.1) is 17.9 Å². The molecule has 2 aliphatic rings. The van der Waals surface area contributed by atoms with Crippen molar-refractivity contribution >= 4 is 11.4 Å². The van der Waals surface area contributed by atoms with E-state index in [2.05, 4.69) is 74.4 Å². The molecule has 1 aliphatic heterocycles. The Morgan fingerprint density at radius 2 is 1.89 bits per heavy atom. The molecule has 2 aromatic rings. The molecule has 0 unspecified atom stereocenters. The molecule has 1 heterocycles. The quantitative estimate of drug-likeness (QED) is 0.594. The summed E-state index contributed by atoms with van der Waals surface area (Å²) in [6.45, 7) is 11.7. The lowest BCUT2D eigenvalue weighted by molar-refractivity contribution is 0.252. The molecular formula is C25H28N2O. The summed E-state index contributed by atoms with van der Waals surface area (Å²) in [7, 11) is 0. The minimum Gasteiger partial charge on any atom is -0.487 e. The lowest BCUT2D eigenvalue weighted by Gasteiger charge is -2.31. The fourth-order valence-corrected chi connectivity index (χ4v) is 4.03. The van der Waals surface area contributed by atoms with E-state index in [1.165, 1.54) is 29.7 Å². The Hall–Kier alpha value is -2.77. The molecule has 1 fully saturated rings. The third-order valence-electron chi connectivity index (χ3n) is 5.87. The average molecular weight is 373 g/mol. The second-order valence-corrected chi connectivity index (χ2v) is 8.10. The molecule has 0 atom stereocenters. The van der Waals surface area contributed by atoms with Crippen LogP contribution in [0, 0.1) is 6.92 Å². The third-order valence-corrected chi connectivity index (χ3v) is 5.87. The Bertz CT molecular complexity index is 945. The van der Waals surface area contributed by atoms with Gasteiger partial charge in [-0.15, -0.1) is 5.73 Å². The first kappa shape index (κ1) is 18.6. The summed E-state index contributed by atoms with van der Waals surface area (Å²) in [6, 6.07) is 17.0. The predicted molar refractivity (Wildman–Crippen MR) is 116 cm³/mol. The van der Waals surface area contributed by atoms with Gasteiger partial charge < -0.3 is 9.64 Å². The average Bonchev–Trinajstić information content (AvgIpc) is 3.43. The summed E-state index contributed by atoms with van der Waals surface area (Å²) in [6.07, 6.45) is 2.39. The second kappa shape index (κ2) is 7.33. The first-order valence-electron chi connectivity index (χ1n) is 10.1. The zero-order chi connectivity index (χ0) is 19.7. The van der Waals surface area contributed by atoms with Gasteiger partial charge >= 0.3 is 0 Å². The van der Waals surface area contributed by atoms with Crippen molar-refractivity contribution in [1.29, 1.82) is 0 Å². The highest BCUT2D eigenvalue weighted by Gasteiger charge is 2.53. The van der Waals surface area contributed by atoms with Crippen LogP contribution in [-0.4, -0.2) is 29.8 Å². The number of benzene rings is 2. The minimum absolute atomic E-state index is 0.161.